The van der Waals surface area contributed by atoms with Crippen molar-refractivity contribution in [2.75, 3.05) is 11.9 Å². The Morgan fingerprint density at radius 3 is 2.90 bits per heavy atom. The molecule has 0 aliphatic carbocycles. The maximum atomic E-state index is 14.0. The second-order valence-corrected chi connectivity index (χ2v) is 5.21. The van der Waals surface area contributed by atoms with Crippen molar-refractivity contribution in [2.24, 2.45) is 5.73 Å². The van der Waals surface area contributed by atoms with Crippen molar-refractivity contribution in [1.82, 2.24) is 9.78 Å². The molecular weight excluding hydrogens is 275 g/mol. The highest BCUT2D eigenvalue weighted by Gasteiger charge is 2.23. The first-order valence-electron chi connectivity index (χ1n) is 6.59. The molecule has 1 aromatic carbocycles. The summed E-state index contributed by atoms with van der Waals surface area (Å²) in [4.78, 5) is 0. The van der Waals surface area contributed by atoms with Gasteiger partial charge in [-0.3, -0.25) is 0 Å². The number of rotatable bonds is 1. The van der Waals surface area contributed by atoms with Gasteiger partial charge in [0.2, 0.25) is 0 Å². The van der Waals surface area contributed by atoms with E-state index >= 15 is 0 Å². The van der Waals surface area contributed by atoms with Crippen LogP contribution in [0.4, 0.5) is 10.2 Å². The van der Waals surface area contributed by atoms with Crippen molar-refractivity contribution in [2.45, 2.75) is 19.3 Å². The van der Waals surface area contributed by atoms with Gasteiger partial charge in [0.1, 0.15) is 17.3 Å². The highest BCUT2D eigenvalue weighted by Crippen LogP contribution is 2.33. The molecule has 0 spiro atoms. The maximum absolute atomic E-state index is 14.0. The van der Waals surface area contributed by atoms with E-state index in [0.717, 1.165) is 37.2 Å². The molecule has 6 heteroatoms. The zero-order valence-electron chi connectivity index (χ0n) is 10.9. The lowest BCUT2D eigenvalue weighted by atomic mass is 10.0. The zero-order valence-corrected chi connectivity index (χ0v) is 11.7. The van der Waals surface area contributed by atoms with Crippen molar-refractivity contribution < 1.29 is 4.39 Å². The summed E-state index contributed by atoms with van der Waals surface area (Å²) in [6, 6.07) is 6.63. The lowest BCUT2D eigenvalue weighted by Gasteiger charge is -2.06. The second kappa shape index (κ2) is 5.20. The Hall–Kier alpha value is -1.95. The van der Waals surface area contributed by atoms with E-state index in [1.807, 2.05) is 0 Å². The van der Waals surface area contributed by atoms with Crippen LogP contribution in [0.2, 0.25) is 0 Å². The summed E-state index contributed by atoms with van der Waals surface area (Å²) in [7, 11) is 0. The number of nitrogens with zero attached hydrogens (tertiary/aromatic N) is 2. The molecule has 1 aromatic heterocycles. The van der Waals surface area contributed by atoms with Crippen LogP contribution < -0.4 is 11.1 Å². The van der Waals surface area contributed by atoms with Gasteiger partial charge in [0.25, 0.3) is 0 Å². The molecule has 20 heavy (non-hydrogen) atoms. The summed E-state index contributed by atoms with van der Waals surface area (Å²) in [5, 5.41) is 7.87. The normalized spacial score (nSPS) is 14.2. The molecule has 104 valence electrons. The number of nitrogens with one attached hydrogen (secondary N) is 1. The molecule has 0 fully saturated rings. The Balaban J connectivity index is 2.21. The number of nitrogens with two attached hydrogens (primary N) is 1. The predicted octanol–water partition coefficient (Wildman–Crippen LogP) is 2.53. The van der Waals surface area contributed by atoms with Crippen LogP contribution in [0, 0.1) is 5.82 Å². The quantitative estimate of drug-likeness (QED) is 0.792. The lowest BCUT2D eigenvalue weighted by molar-refractivity contribution is 0.630. The molecule has 1 aliphatic heterocycles. The summed E-state index contributed by atoms with van der Waals surface area (Å²) in [6.07, 6.45) is 2.93. The van der Waals surface area contributed by atoms with Crippen LogP contribution >= 0.6 is 12.2 Å². The average Bonchev–Trinajstić information content (AvgIpc) is 2.63. The highest BCUT2D eigenvalue weighted by molar-refractivity contribution is 7.80. The molecule has 3 N–H and O–H groups in total. The molecule has 2 aromatic rings. The SMILES string of the molecule is NC(=S)n1nc(-c2ccccc2F)c2c1NCCCC2. The van der Waals surface area contributed by atoms with Crippen LogP contribution in [0.15, 0.2) is 24.3 Å². The fourth-order valence-electron chi connectivity index (χ4n) is 2.53. The Bertz CT molecular complexity index is 665. The fourth-order valence-corrected chi connectivity index (χ4v) is 2.66. The average molecular weight is 290 g/mol. The number of halogens is 1. The third-order valence-corrected chi connectivity index (χ3v) is 3.64. The van der Waals surface area contributed by atoms with Gasteiger partial charge in [-0.25, -0.2) is 4.39 Å². The summed E-state index contributed by atoms with van der Waals surface area (Å²) >= 11 is 5.03. The molecule has 1 aliphatic rings. The van der Waals surface area contributed by atoms with Crippen molar-refractivity contribution in [3.8, 4) is 11.3 Å². The number of anilines is 1. The van der Waals surface area contributed by atoms with Gasteiger partial charge in [-0.2, -0.15) is 9.78 Å². The van der Waals surface area contributed by atoms with E-state index in [9.17, 15) is 4.39 Å². The van der Waals surface area contributed by atoms with E-state index in [2.05, 4.69) is 10.4 Å². The zero-order chi connectivity index (χ0) is 14.1. The standard InChI is InChI=1S/C14H15FN4S/c15-11-7-2-1-5-9(11)12-10-6-3-4-8-17-13(10)19(18-12)14(16)20/h1-2,5,7,17H,3-4,6,8H2,(H2,16,20). The number of thiocarbonyl (C=S) groups is 1. The van der Waals surface area contributed by atoms with Crippen LogP contribution in [0.1, 0.15) is 18.4 Å². The first kappa shape index (κ1) is 13.1. The van der Waals surface area contributed by atoms with E-state index in [4.69, 9.17) is 18.0 Å². The predicted molar refractivity (Wildman–Crippen MR) is 81.2 cm³/mol. The van der Waals surface area contributed by atoms with Gasteiger partial charge in [0.15, 0.2) is 5.11 Å². The Kier molecular flexibility index (Phi) is 3.40. The maximum Gasteiger partial charge on any atom is 0.193 e. The third-order valence-electron chi connectivity index (χ3n) is 3.47. The molecule has 2 heterocycles. The molecular formula is C14H15FN4S. The largest absolute Gasteiger partial charge is 0.374 e. The van der Waals surface area contributed by atoms with Crippen LogP contribution in [-0.4, -0.2) is 21.4 Å². The minimum atomic E-state index is -0.285. The third kappa shape index (κ3) is 2.16. The molecule has 0 bridgehead atoms. The monoisotopic (exact) mass is 290 g/mol. The lowest BCUT2D eigenvalue weighted by Crippen LogP contribution is -2.22. The van der Waals surface area contributed by atoms with Gasteiger partial charge in [-0.15, -0.1) is 0 Å². The van der Waals surface area contributed by atoms with Crippen LogP contribution in [0.3, 0.4) is 0 Å². The Labute approximate surface area is 121 Å². The van der Waals surface area contributed by atoms with Gasteiger partial charge in [-0.05, 0) is 43.6 Å². The van der Waals surface area contributed by atoms with Gasteiger partial charge in [0, 0.05) is 17.7 Å². The molecule has 3 rings (SSSR count). The topological polar surface area (TPSA) is 55.9 Å². The van der Waals surface area contributed by atoms with Gasteiger partial charge < -0.3 is 11.1 Å². The summed E-state index contributed by atoms with van der Waals surface area (Å²) < 4.78 is 15.5. The molecule has 0 saturated heterocycles. The van der Waals surface area contributed by atoms with E-state index in [1.54, 1.807) is 18.2 Å². The number of benzene rings is 1. The summed E-state index contributed by atoms with van der Waals surface area (Å²) in [5.74, 6) is 0.514. The highest BCUT2D eigenvalue weighted by atomic mass is 32.1. The van der Waals surface area contributed by atoms with Gasteiger partial charge in [0.05, 0.1) is 0 Å². The molecule has 0 saturated carbocycles. The van der Waals surface area contributed by atoms with Gasteiger partial charge >= 0.3 is 0 Å². The molecule has 0 unspecified atom stereocenters. The minimum Gasteiger partial charge on any atom is -0.374 e. The fraction of sp³-hybridized carbons (Fsp3) is 0.286. The first-order chi connectivity index (χ1) is 9.68. The van der Waals surface area contributed by atoms with Crippen molar-refractivity contribution in [3.63, 3.8) is 0 Å². The van der Waals surface area contributed by atoms with Gasteiger partial charge in [-0.1, -0.05) is 12.1 Å². The van der Waals surface area contributed by atoms with E-state index in [-0.39, 0.29) is 10.9 Å². The Morgan fingerprint density at radius 2 is 2.15 bits per heavy atom. The summed E-state index contributed by atoms with van der Waals surface area (Å²) in [6.45, 7) is 0.845. The van der Waals surface area contributed by atoms with E-state index in [1.165, 1.54) is 10.7 Å². The number of hydrogen-bond acceptors (Lipinski definition) is 3. The Morgan fingerprint density at radius 1 is 1.35 bits per heavy atom. The van der Waals surface area contributed by atoms with E-state index < -0.39 is 0 Å². The first-order valence-corrected chi connectivity index (χ1v) is 7.00. The van der Waals surface area contributed by atoms with Crippen molar-refractivity contribution >= 4 is 23.1 Å². The minimum absolute atomic E-state index is 0.165. The summed E-state index contributed by atoms with van der Waals surface area (Å²) in [5.41, 5.74) is 7.82. The molecule has 0 radical (unpaired) electrons. The molecule has 4 nitrogen and oxygen atoms in total. The number of hydrogen-bond donors (Lipinski definition) is 2. The molecule has 0 amide bonds. The smallest absolute Gasteiger partial charge is 0.193 e. The van der Waals surface area contributed by atoms with Crippen molar-refractivity contribution in [1.29, 1.82) is 0 Å². The number of fused-ring (bicyclic) bond motifs is 1. The second-order valence-electron chi connectivity index (χ2n) is 4.79. The van der Waals surface area contributed by atoms with Crippen LogP contribution in [-0.2, 0) is 6.42 Å². The van der Waals surface area contributed by atoms with Crippen LogP contribution in [0.5, 0.6) is 0 Å². The van der Waals surface area contributed by atoms with Crippen LogP contribution in [0.25, 0.3) is 11.3 Å². The van der Waals surface area contributed by atoms with E-state index in [0.29, 0.717) is 11.3 Å². The van der Waals surface area contributed by atoms with Crippen molar-refractivity contribution in [3.05, 3.63) is 35.6 Å². The number of aromatic nitrogens is 2. The molecule has 0 atom stereocenters.